The van der Waals surface area contributed by atoms with Crippen LogP contribution in [0.25, 0.3) is 29.6 Å². The molecule has 4 aliphatic rings. The largest absolute Gasteiger partial charge is 0.299 e. The van der Waals surface area contributed by atoms with Crippen LogP contribution in [0.4, 0.5) is 5.69 Å². The Kier molecular flexibility index (Phi) is 5.30. The van der Waals surface area contributed by atoms with Crippen molar-refractivity contribution in [1.82, 2.24) is 9.80 Å². The summed E-state index contributed by atoms with van der Waals surface area (Å²) in [6, 6.07) is 13.1. The predicted molar refractivity (Wildman–Crippen MR) is 148 cm³/mol. The summed E-state index contributed by atoms with van der Waals surface area (Å²) in [5, 5.41) is 8.76. The Morgan fingerprint density at radius 1 is 0.824 bits per heavy atom. The Hall–Kier alpha value is -2.96. The molecule has 170 valence electrons. The number of hydrogen-bond acceptors (Lipinski definition) is 6. The molecule has 6 heteroatoms. The highest BCUT2D eigenvalue weighted by Gasteiger charge is 2.26. The number of rotatable bonds is 3. The minimum atomic E-state index is 0.435. The molecule has 0 amide bonds. The minimum Gasteiger partial charge on any atom is -0.299 e. The molecule has 0 saturated carbocycles. The number of para-hydroxylation sites is 1. The molecular weight excluding hydrogens is 456 g/mol. The first kappa shape index (κ1) is 21.6. The van der Waals surface area contributed by atoms with Crippen LogP contribution in [-0.2, 0) is 0 Å². The van der Waals surface area contributed by atoms with Gasteiger partial charge < -0.3 is 0 Å². The van der Waals surface area contributed by atoms with E-state index in [9.17, 15) is 0 Å². The highest BCUT2D eigenvalue weighted by Crippen LogP contribution is 2.40. The van der Waals surface area contributed by atoms with Gasteiger partial charge in [0.25, 0.3) is 0 Å². The number of fused-ring (bicyclic) bond motifs is 4. The number of allylic oxidation sites excluding steroid dienone is 2. The molecule has 4 heterocycles. The van der Waals surface area contributed by atoms with Gasteiger partial charge >= 0.3 is 0 Å². The first-order valence-corrected chi connectivity index (χ1v) is 13.4. The lowest BCUT2D eigenvalue weighted by Crippen LogP contribution is -2.28. The Morgan fingerprint density at radius 2 is 1.59 bits per heavy atom. The van der Waals surface area contributed by atoms with E-state index < -0.39 is 0 Å². The van der Waals surface area contributed by atoms with Crippen molar-refractivity contribution in [3.63, 3.8) is 0 Å². The van der Waals surface area contributed by atoms with Crippen LogP contribution in [0.1, 0.15) is 33.3 Å². The van der Waals surface area contributed by atoms with E-state index in [2.05, 4.69) is 103 Å². The molecule has 0 aromatic heterocycles. The number of hydrogen-bond donors (Lipinski definition) is 0. The predicted octanol–water partition coefficient (Wildman–Crippen LogP) is 6.26. The van der Waals surface area contributed by atoms with Crippen LogP contribution in [0.3, 0.4) is 0 Å². The summed E-state index contributed by atoms with van der Waals surface area (Å²) in [5.41, 5.74) is 7.05. The van der Waals surface area contributed by atoms with E-state index in [0.717, 1.165) is 37.9 Å². The number of benzene rings is 2. The monoisotopic (exact) mass is 482 g/mol. The summed E-state index contributed by atoms with van der Waals surface area (Å²) in [5.74, 6) is 0.882. The fourth-order valence-corrected chi connectivity index (χ4v) is 6.53. The van der Waals surface area contributed by atoms with Crippen molar-refractivity contribution < 1.29 is 0 Å². The fourth-order valence-electron chi connectivity index (χ4n) is 4.49. The molecule has 4 aliphatic heterocycles. The van der Waals surface area contributed by atoms with E-state index in [1.54, 1.807) is 23.5 Å². The molecule has 0 aliphatic carbocycles. The van der Waals surface area contributed by atoms with Gasteiger partial charge in [0, 0.05) is 51.6 Å². The maximum absolute atomic E-state index is 5.16. The zero-order valence-electron chi connectivity index (χ0n) is 19.7. The normalized spacial score (nSPS) is 18.1. The third-order valence-electron chi connectivity index (χ3n) is 6.38. The molecule has 0 atom stereocenters. The maximum atomic E-state index is 5.16. The summed E-state index contributed by atoms with van der Waals surface area (Å²) < 4.78 is 0. The SMILES string of the molecule is CC(C)C1=CSC2=NC=c3ccc(-c4cccc5c4N=C4SC=C(C(C)C)N4C=C5)cc3=CN12. The molecule has 2 aromatic carbocycles. The summed E-state index contributed by atoms with van der Waals surface area (Å²) in [6.45, 7) is 8.91. The molecule has 0 unspecified atom stereocenters. The van der Waals surface area contributed by atoms with Crippen molar-refractivity contribution in [2.45, 2.75) is 27.7 Å². The molecular formula is C28H26N4S2. The van der Waals surface area contributed by atoms with Gasteiger partial charge in [-0.1, -0.05) is 81.6 Å². The summed E-state index contributed by atoms with van der Waals surface area (Å²) in [6.07, 6.45) is 8.55. The van der Waals surface area contributed by atoms with Crippen molar-refractivity contribution in [2.75, 3.05) is 0 Å². The molecule has 4 nitrogen and oxygen atoms in total. The molecule has 0 N–H and O–H groups in total. The third-order valence-corrected chi connectivity index (χ3v) is 8.11. The standard InChI is InChI=1S/C28H26N4S2/c1-17(2)24-15-34-28-30-26-19(10-11-31(24)28)6-5-7-23(26)20-8-9-21-13-29-27-32(14-22(21)12-20)25(16-33-27)18(3)4/h5-18H,1-4H3. The van der Waals surface area contributed by atoms with Gasteiger partial charge in [-0.3, -0.25) is 9.80 Å². The van der Waals surface area contributed by atoms with Gasteiger partial charge in [0.2, 0.25) is 0 Å². The first-order valence-electron chi connectivity index (χ1n) is 11.6. The van der Waals surface area contributed by atoms with Gasteiger partial charge in [0.15, 0.2) is 10.3 Å². The van der Waals surface area contributed by atoms with Gasteiger partial charge in [-0.2, -0.15) is 0 Å². The van der Waals surface area contributed by atoms with Crippen LogP contribution < -0.4 is 10.4 Å². The van der Waals surface area contributed by atoms with E-state index in [4.69, 9.17) is 9.98 Å². The lowest BCUT2D eigenvalue weighted by atomic mass is 9.99. The van der Waals surface area contributed by atoms with Gasteiger partial charge in [0.05, 0.1) is 5.69 Å². The number of nitrogens with zero attached hydrogens (tertiary/aromatic N) is 4. The number of aliphatic imine (C=N–C) groups is 2. The maximum Gasteiger partial charge on any atom is 0.177 e. The second-order valence-electron chi connectivity index (χ2n) is 9.34. The Balaban J connectivity index is 1.46. The Bertz CT molecular complexity index is 1470. The fraction of sp³-hybridized carbons (Fsp3) is 0.214. The molecule has 0 radical (unpaired) electrons. The quantitative estimate of drug-likeness (QED) is 0.516. The molecule has 6 rings (SSSR count). The van der Waals surface area contributed by atoms with Crippen LogP contribution in [0.15, 0.2) is 74.8 Å². The number of thioether (sulfide) groups is 2. The average molecular weight is 483 g/mol. The third kappa shape index (κ3) is 3.56. The van der Waals surface area contributed by atoms with Crippen molar-refractivity contribution in [3.05, 3.63) is 80.8 Å². The van der Waals surface area contributed by atoms with Crippen molar-refractivity contribution in [3.8, 4) is 11.1 Å². The highest BCUT2D eigenvalue weighted by atomic mass is 32.2. The molecule has 2 aromatic rings. The molecule has 0 spiro atoms. The minimum absolute atomic E-state index is 0.435. The van der Waals surface area contributed by atoms with Crippen molar-refractivity contribution >= 4 is 58.0 Å². The zero-order valence-corrected chi connectivity index (χ0v) is 21.3. The van der Waals surface area contributed by atoms with Gasteiger partial charge in [0.1, 0.15) is 0 Å². The highest BCUT2D eigenvalue weighted by molar-refractivity contribution is 8.16. The van der Waals surface area contributed by atoms with Crippen LogP contribution in [0.5, 0.6) is 0 Å². The van der Waals surface area contributed by atoms with E-state index in [-0.39, 0.29) is 0 Å². The van der Waals surface area contributed by atoms with E-state index in [1.165, 1.54) is 16.6 Å². The van der Waals surface area contributed by atoms with E-state index in [0.29, 0.717) is 11.8 Å². The van der Waals surface area contributed by atoms with Gasteiger partial charge in [-0.05, 0) is 40.4 Å². The zero-order chi connectivity index (χ0) is 23.4. The van der Waals surface area contributed by atoms with Crippen LogP contribution in [-0.4, -0.2) is 20.1 Å². The lowest BCUT2D eigenvalue weighted by molar-refractivity contribution is 0.582. The van der Waals surface area contributed by atoms with Crippen LogP contribution >= 0.6 is 23.5 Å². The molecule has 34 heavy (non-hydrogen) atoms. The van der Waals surface area contributed by atoms with Crippen LogP contribution in [0.2, 0.25) is 0 Å². The van der Waals surface area contributed by atoms with Crippen molar-refractivity contribution in [1.29, 1.82) is 0 Å². The smallest absolute Gasteiger partial charge is 0.177 e. The topological polar surface area (TPSA) is 31.2 Å². The summed E-state index contributed by atoms with van der Waals surface area (Å²) in [7, 11) is 0. The Morgan fingerprint density at radius 3 is 2.38 bits per heavy atom. The first-order chi connectivity index (χ1) is 16.5. The Labute approximate surface area is 208 Å². The van der Waals surface area contributed by atoms with E-state index >= 15 is 0 Å². The average Bonchev–Trinajstić information content (AvgIpc) is 3.30. The number of amidine groups is 2. The molecule has 0 saturated heterocycles. The lowest BCUT2D eigenvalue weighted by Gasteiger charge is -2.19. The molecule has 0 bridgehead atoms. The second-order valence-corrected chi connectivity index (χ2v) is 11.0. The summed E-state index contributed by atoms with van der Waals surface area (Å²) in [4.78, 5) is 14.4. The second kappa shape index (κ2) is 8.36. The van der Waals surface area contributed by atoms with Crippen molar-refractivity contribution in [2.24, 2.45) is 21.8 Å². The summed E-state index contributed by atoms with van der Waals surface area (Å²) >= 11 is 3.40. The van der Waals surface area contributed by atoms with Gasteiger partial charge in [-0.25, -0.2) is 9.98 Å². The van der Waals surface area contributed by atoms with E-state index in [1.807, 2.05) is 6.20 Å². The van der Waals surface area contributed by atoms with Gasteiger partial charge in [-0.15, -0.1) is 0 Å². The molecule has 0 fully saturated rings. The van der Waals surface area contributed by atoms with Crippen LogP contribution in [0, 0.1) is 11.8 Å².